The quantitative estimate of drug-likeness (QED) is 0.375. The van der Waals surface area contributed by atoms with Gasteiger partial charge in [0.25, 0.3) is 0 Å². The van der Waals surface area contributed by atoms with E-state index in [4.69, 9.17) is 12.2 Å². The van der Waals surface area contributed by atoms with Crippen molar-refractivity contribution in [2.45, 2.75) is 0 Å². The molecule has 0 saturated carbocycles. The Hall–Kier alpha value is 0.239. The normalized spacial score (nSPS) is 15.5. The first kappa shape index (κ1) is 4.24. The van der Waals surface area contributed by atoms with E-state index in [-0.39, 0.29) is 0 Å². The van der Waals surface area contributed by atoms with Gasteiger partial charge in [0.05, 0.1) is 0 Å². The number of rotatable bonds is 0. The standard InChI is InChI=1S/H2O3Se/c1-4(2)3/h(H2,1,2,3)/p-1. The van der Waals surface area contributed by atoms with Crippen LogP contribution in [0.2, 0.25) is 0 Å². The molecule has 0 spiro atoms. The van der Waals surface area contributed by atoms with Gasteiger partial charge in [-0.25, -0.2) is 0 Å². The molecule has 0 aliphatic rings. The fourth-order valence-corrected chi connectivity index (χ4v) is 0. The van der Waals surface area contributed by atoms with Gasteiger partial charge in [0, 0.05) is 0 Å². The third kappa shape index (κ3) is 60.0. The third-order valence-corrected chi connectivity index (χ3v) is 0. The molecule has 26 valence electrons. The topological polar surface area (TPSA) is 60.4 Å². The van der Waals surface area contributed by atoms with Gasteiger partial charge in [0.1, 0.15) is 0 Å². The minimum atomic E-state index is -3.54. The van der Waals surface area contributed by atoms with Crippen LogP contribution in [0.25, 0.3) is 0 Å². The molecule has 4 heteroatoms. The molecule has 1 atom stereocenters. The Morgan fingerprint density at radius 2 is 2.00 bits per heavy atom. The Morgan fingerprint density at radius 3 is 2.00 bits per heavy atom. The fraction of sp³-hybridized carbons (Fsp3) is 0. The zero-order chi connectivity index (χ0) is 3.58. The van der Waals surface area contributed by atoms with E-state index in [1.165, 1.54) is 0 Å². The summed E-state index contributed by atoms with van der Waals surface area (Å²) in [6.45, 7) is 0. The molecule has 0 heterocycles. The van der Waals surface area contributed by atoms with Gasteiger partial charge < -0.3 is 0 Å². The van der Waals surface area contributed by atoms with E-state index in [0.717, 1.165) is 0 Å². The van der Waals surface area contributed by atoms with Crippen molar-refractivity contribution in [3.8, 4) is 0 Å². The molecule has 0 bridgehead atoms. The van der Waals surface area contributed by atoms with Gasteiger partial charge in [-0.2, -0.15) is 0 Å². The van der Waals surface area contributed by atoms with Gasteiger partial charge in [-0.1, -0.05) is 0 Å². The van der Waals surface area contributed by atoms with Gasteiger partial charge in [-0.3, -0.25) is 0 Å². The monoisotopic (exact) mass is 129 g/mol. The van der Waals surface area contributed by atoms with E-state index in [9.17, 15) is 0 Å². The molecule has 0 amide bonds. The van der Waals surface area contributed by atoms with Crippen LogP contribution in [0.15, 0.2) is 0 Å². The summed E-state index contributed by atoms with van der Waals surface area (Å²) in [5, 5.41) is 0. The van der Waals surface area contributed by atoms with Gasteiger partial charge in [0.2, 0.25) is 0 Å². The summed E-state index contributed by atoms with van der Waals surface area (Å²) < 4.78 is 24.4. The first-order chi connectivity index (χ1) is 1.73. The van der Waals surface area contributed by atoms with E-state index in [0.29, 0.717) is 0 Å². The maximum absolute atomic E-state index is 8.65. The molecule has 0 aliphatic carbocycles. The van der Waals surface area contributed by atoms with Crippen LogP contribution in [-0.4, -0.2) is 18.7 Å². The van der Waals surface area contributed by atoms with E-state index >= 15 is 0 Å². The molecular weight excluding hydrogens is 127 g/mol. The molecule has 0 aliphatic heterocycles. The van der Waals surface area contributed by atoms with Crippen LogP contribution >= 0.6 is 0 Å². The van der Waals surface area contributed by atoms with Gasteiger partial charge in [-0.15, -0.1) is 0 Å². The van der Waals surface area contributed by atoms with Crippen molar-refractivity contribution in [3.05, 3.63) is 0 Å². The average molecular weight is 128 g/mol. The van der Waals surface area contributed by atoms with Crippen molar-refractivity contribution in [1.29, 1.82) is 0 Å². The zero-order valence-corrected chi connectivity index (χ0v) is 3.39. The van der Waals surface area contributed by atoms with E-state index in [1.54, 1.807) is 0 Å². The van der Waals surface area contributed by atoms with Crippen LogP contribution in [0.4, 0.5) is 0 Å². The Balaban J connectivity index is 2.80. The van der Waals surface area contributed by atoms with E-state index in [2.05, 4.69) is 0 Å². The van der Waals surface area contributed by atoms with Gasteiger partial charge in [-0.05, 0) is 0 Å². The molecule has 0 aromatic carbocycles. The van der Waals surface area contributed by atoms with Crippen molar-refractivity contribution < 1.29 is 12.2 Å². The SMILES string of the molecule is O=[Se]([O-])O. The Kier molecular flexibility index (Phi) is 1.64. The predicted octanol–water partition coefficient (Wildman–Crippen LogP) is -2.25. The molecule has 0 radical (unpaired) electrons. The molecule has 0 fully saturated rings. The van der Waals surface area contributed by atoms with Gasteiger partial charge in [0.15, 0.2) is 0 Å². The Labute approximate surface area is 27.6 Å². The molecule has 1 unspecified atom stereocenters. The van der Waals surface area contributed by atoms with Crippen LogP contribution in [-0.2, 0) is 3.83 Å². The summed E-state index contributed by atoms with van der Waals surface area (Å²) in [5.41, 5.74) is 0. The molecule has 0 aromatic heterocycles. The van der Waals surface area contributed by atoms with Crippen molar-refractivity contribution in [3.63, 3.8) is 0 Å². The minimum absolute atomic E-state index is 3.54. The van der Waals surface area contributed by atoms with Crippen molar-refractivity contribution in [2.24, 2.45) is 0 Å². The van der Waals surface area contributed by atoms with Crippen molar-refractivity contribution in [1.82, 2.24) is 0 Å². The van der Waals surface area contributed by atoms with E-state index in [1.807, 2.05) is 0 Å². The third-order valence-electron chi connectivity index (χ3n) is 0. The molecule has 0 aromatic rings. The zero-order valence-electron chi connectivity index (χ0n) is 1.67. The Bertz CT molecular complexity index is 26.3. The molecule has 0 saturated heterocycles. The summed E-state index contributed by atoms with van der Waals surface area (Å²) in [6, 6.07) is 0. The van der Waals surface area contributed by atoms with Crippen molar-refractivity contribution >= 4 is 14.5 Å². The first-order valence-electron chi connectivity index (χ1n) is 0.516. The summed E-state index contributed by atoms with van der Waals surface area (Å²) in [6.07, 6.45) is 0. The summed E-state index contributed by atoms with van der Waals surface area (Å²) in [7, 11) is 0. The fourth-order valence-electron chi connectivity index (χ4n) is 0. The second kappa shape index (κ2) is 1.55. The number of hydrogen-bond acceptors (Lipinski definition) is 2. The first-order valence-corrected chi connectivity index (χ1v) is 2.68. The second-order valence-electron chi connectivity index (χ2n) is 0.217. The Morgan fingerprint density at radius 1 is 2.00 bits per heavy atom. The van der Waals surface area contributed by atoms with Crippen LogP contribution in [0.1, 0.15) is 0 Å². The summed E-state index contributed by atoms with van der Waals surface area (Å²) in [5.74, 6) is 0. The molecule has 1 N–H and O–H groups in total. The second-order valence-corrected chi connectivity index (χ2v) is 1.13. The van der Waals surface area contributed by atoms with Gasteiger partial charge >= 0.3 is 26.7 Å². The average Bonchev–Trinajstić information content (AvgIpc) is 0.811. The maximum atomic E-state index is 8.65. The predicted molar refractivity (Wildman–Crippen MR) is 8.66 cm³/mol. The summed E-state index contributed by atoms with van der Waals surface area (Å²) >= 11 is -3.54. The molecular formula is HO3Se-. The van der Waals surface area contributed by atoms with Crippen LogP contribution in [0.5, 0.6) is 0 Å². The van der Waals surface area contributed by atoms with Crippen LogP contribution in [0.3, 0.4) is 0 Å². The van der Waals surface area contributed by atoms with E-state index < -0.39 is 14.5 Å². The van der Waals surface area contributed by atoms with Crippen LogP contribution in [0, 0.1) is 0 Å². The van der Waals surface area contributed by atoms with Crippen molar-refractivity contribution in [2.75, 3.05) is 0 Å². The molecule has 0 rings (SSSR count). The number of hydrogen-bond donors (Lipinski definition) is 1. The summed E-state index contributed by atoms with van der Waals surface area (Å²) in [4.78, 5) is 0. The van der Waals surface area contributed by atoms with Crippen LogP contribution < -0.4 is 4.19 Å². The molecule has 3 nitrogen and oxygen atoms in total. The molecule has 4 heavy (non-hydrogen) atoms.